The van der Waals surface area contributed by atoms with Crippen molar-refractivity contribution in [2.75, 3.05) is 21.9 Å². The number of anilines is 2. The van der Waals surface area contributed by atoms with Gasteiger partial charge in [-0.3, -0.25) is 19.2 Å². The molecule has 0 aromatic heterocycles. The summed E-state index contributed by atoms with van der Waals surface area (Å²) < 4.78 is 26.6. The molecule has 1 aliphatic rings. The van der Waals surface area contributed by atoms with Gasteiger partial charge in [0.05, 0.1) is 16.4 Å². The molecule has 0 radical (unpaired) electrons. The number of aryl methyl sites for hydroxylation is 1. The number of carbonyl (C=O) groups excluding carboxylic acids is 1. The van der Waals surface area contributed by atoms with E-state index in [-0.39, 0.29) is 17.0 Å². The van der Waals surface area contributed by atoms with Crippen LogP contribution in [0.4, 0.5) is 17.1 Å². The zero-order chi connectivity index (χ0) is 20.3. The molecule has 8 nitrogen and oxygen atoms in total. The summed E-state index contributed by atoms with van der Waals surface area (Å²) in [5.41, 5.74) is 1.50. The van der Waals surface area contributed by atoms with Crippen molar-refractivity contribution in [3.05, 3.63) is 63.7 Å². The van der Waals surface area contributed by atoms with Crippen molar-refractivity contribution in [3.8, 4) is 0 Å². The molecule has 0 fully saturated rings. The zero-order valence-electron chi connectivity index (χ0n) is 15.4. The number of nitrogens with zero attached hydrogens (tertiary/aromatic N) is 2. The van der Waals surface area contributed by atoms with Gasteiger partial charge in [0, 0.05) is 18.3 Å². The highest BCUT2D eigenvalue weighted by Crippen LogP contribution is 2.32. The van der Waals surface area contributed by atoms with E-state index in [1.807, 2.05) is 6.92 Å². The van der Waals surface area contributed by atoms with Crippen LogP contribution in [-0.4, -0.2) is 31.5 Å². The Labute approximate surface area is 163 Å². The number of amides is 1. The first-order valence-electron chi connectivity index (χ1n) is 9.01. The number of sulfonamides is 1. The molecule has 0 saturated carbocycles. The van der Waals surface area contributed by atoms with Crippen molar-refractivity contribution < 1.29 is 18.1 Å². The van der Waals surface area contributed by atoms with Crippen LogP contribution in [0, 0.1) is 10.1 Å². The van der Waals surface area contributed by atoms with E-state index < -0.39 is 20.9 Å². The van der Waals surface area contributed by atoms with E-state index in [0.29, 0.717) is 24.3 Å². The van der Waals surface area contributed by atoms with Crippen LogP contribution in [0.3, 0.4) is 0 Å². The van der Waals surface area contributed by atoms with Crippen LogP contribution in [0.2, 0.25) is 0 Å². The van der Waals surface area contributed by atoms with E-state index >= 15 is 0 Å². The van der Waals surface area contributed by atoms with Crippen molar-refractivity contribution >= 4 is 33.0 Å². The Hall–Kier alpha value is -2.94. The summed E-state index contributed by atoms with van der Waals surface area (Å²) in [6, 6.07) is 10.8. The van der Waals surface area contributed by atoms with Crippen molar-refractivity contribution in [2.45, 2.75) is 26.2 Å². The van der Waals surface area contributed by atoms with E-state index in [0.717, 1.165) is 18.4 Å². The summed E-state index contributed by atoms with van der Waals surface area (Å²) >= 11 is 0. The van der Waals surface area contributed by atoms with Gasteiger partial charge in [-0.25, -0.2) is 8.42 Å². The molecule has 0 aliphatic carbocycles. The van der Waals surface area contributed by atoms with Gasteiger partial charge in [0.25, 0.3) is 11.6 Å². The van der Waals surface area contributed by atoms with Crippen LogP contribution < -0.4 is 9.62 Å². The molecule has 1 aliphatic heterocycles. The molecular weight excluding hydrogens is 382 g/mol. The molecule has 9 heteroatoms. The molecule has 0 spiro atoms. The Morgan fingerprint density at radius 2 is 2.00 bits per heavy atom. The highest BCUT2D eigenvalue weighted by atomic mass is 32.2. The summed E-state index contributed by atoms with van der Waals surface area (Å²) in [6.07, 6.45) is 2.01. The lowest BCUT2D eigenvalue weighted by atomic mass is 10.0. The van der Waals surface area contributed by atoms with Gasteiger partial charge in [-0.2, -0.15) is 0 Å². The largest absolute Gasteiger partial charge is 0.322 e. The van der Waals surface area contributed by atoms with Crippen LogP contribution in [-0.2, 0) is 16.4 Å². The van der Waals surface area contributed by atoms with E-state index in [4.69, 9.17) is 0 Å². The third-order valence-electron chi connectivity index (χ3n) is 4.56. The first-order valence-corrected chi connectivity index (χ1v) is 10.6. The second-order valence-electron chi connectivity index (χ2n) is 6.56. The molecule has 0 bridgehead atoms. The molecule has 3 rings (SSSR count). The average Bonchev–Trinajstić information content (AvgIpc) is 2.67. The lowest BCUT2D eigenvalue weighted by Gasteiger charge is -2.31. The minimum absolute atomic E-state index is 0.0548. The van der Waals surface area contributed by atoms with E-state index in [9.17, 15) is 23.3 Å². The van der Waals surface area contributed by atoms with Crippen LogP contribution in [0.15, 0.2) is 42.5 Å². The van der Waals surface area contributed by atoms with E-state index in [1.165, 1.54) is 22.5 Å². The third-order valence-corrected chi connectivity index (χ3v) is 6.54. The van der Waals surface area contributed by atoms with E-state index in [2.05, 4.69) is 5.32 Å². The summed E-state index contributed by atoms with van der Waals surface area (Å²) in [6.45, 7) is 2.21. The molecule has 148 valence electrons. The van der Waals surface area contributed by atoms with Crippen LogP contribution in [0.1, 0.15) is 35.7 Å². The van der Waals surface area contributed by atoms with Gasteiger partial charge in [0.1, 0.15) is 5.56 Å². The maximum absolute atomic E-state index is 12.6. The van der Waals surface area contributed by atoms with E-state index in [1.54, 1.807) is 24.3 Å². The quantitative estimate of drug-likeness (QED) is 0.588. The average molecular weight is 403 g/mol. The first kappa shape index (κ1) is 19.8. The molecule has 2 aromatic rings. The lowest BCUT2D eigenvalue weighted by molar-refractivity contribution is -0.385. The summed E-state index contributed by atoms with van der Waals surface area (Å²) in [5, 5.41) is 13.8. The Morgan fingerprint density at radius 1 is 1.25 bits per heavy atom. The number of hydrogen-bond donors (Lipinski definition) is 1. The first-order chi connectivity index (χ1) is 13.3. The maximum atomic E-state index is 12.6. The molecule has 28 heavy (non-hydrogen) atoms. The minimum Gasteiger partial charge on any atom is -0.322 e. The normalized spacial score (nSPS) is 13.7. The SMILES string of the molecule is CCCS(=O)(=O)N1CCCc2ccc(NC(=O)c3ccccc3[N+](=O)[O-])cc21. The second-order valence-corrected chi connectivity index (χ2v) is 8.58. The Balaban J connectivity index is 1.92. The van der Waals surface area contributed by atoms with Gasteiger partial charge in [-0.05, 0) is 43.0 Å². The fraction of sp³-hybridized carbons (Fsp3) is 0.316. The monoisotopic (exact) mass is 403 g/mol. The Morgan fingerprint density at radius 3 is 2.71 bits per heavy atom. The van der Waals surface area contributed by atoms with Gasteiger partial charge in [-0.15, -0.1) is 0 Å². The van der Waals surface area contributed by atoms with Crippen molar-refractivity contribution in [2.24, 2.45) is 0 Å². The topological polar surface area (TPSA) is 110 Å². The predicted molar refractivity (Wildman–Crippen MR) is 107 cm³/mol. The summed E-state index contributed by atoms with van der Waals surface area (Å²) in [7, 11) is -3.43. The smallest absolute Gasteiger partial charge is 0.282 e. The van der Waals surface area contributed by atoms with Crippen LogP contribution in [0.25, 0.3) is 0 Å². The number of carbonyl (C=O) groups is 1. The maximum Gasteiger partial charge on any atom is 0.282 e. The fourth-order valence-corrected chi connectivity index (χ4v) is 4.91. The fourth-order valence-electron chi connectivity index (χ4n) is 3.30. The minimum atomic E-state index is -3.43. The summed E-state index contributed by atoms with van der Waals surface area (Å²) in [4.78, 5) is 23.1. The molecule has 0 saturated heterocycles. The molecule has 1 heterocycles. The number of nitro groups is 1. The number of fused-ring (bicyclic) bond motifs is 1. The second kappa shape index (κ2) is 7.97. The van der Waals surface area contributed by atoms with Gasteiger partial charge in [0.15, 0.2) is 0 Å². The van der Waals surface area contributed by atoms with Gasteiger partial charge in [-0.1, -0.05) is 25.1 Å². The number of para-hydroxylation sites is 1. The highest BCUT2D eigenvalue weighted by Gasteiger charge is 2.27. The number of hydrogen-bond acceptors (Lipinski definition) is 5. The number of benzene rings is 2. The van der Waals surface area contributed by atoms with Crippen LogP contribution in [0.5, 0.6) is 0 Å². The standard InChI is InChI=1S/C19H21N3O5S/c1-2-12-28(26,27)21-11-5-6-14-9-10-15(13-18(14)21)20-19(23)16-7-3-4-8-17(16)22(24)25/h3-4,7-10,13H,2,5-6,11-12H2,1H3,(H,20,23). The Bertz CT molecular complexity index is 1020. The third kappa shape index (κ3) is 3.99. The molecule has 2 aromatic carbocycles. The number of nitro benzene ring substituents is 1. The van der Waals surface area contributed by atoms with Crippen molar-refractivity contribution in [1.82, 2.24) is 0 Å². The lowest BCUT2D eigenvalue weighted by Crippen LogP contribution is -2.37. The molecular formula is C19H21N3O5S. The molecule has 1 N–H and O–H groups in total. The zero-order valence-corrected chi connectivity index (χ0v) is 16.2. The number of rotatable bonds is 6. The van der Waals surface area contributed by atoms with Crippen molar-refractivity contribution in [3.63, 3.8) is 0 Å². The Kier molecular flexibility index (Phi) is 5.64. The van der Waals surface area contributed by atoms with Crippen molar-refractivity contribution in [1.29, 1.82) is 0 Å². The van der Waals surface area contributed by atoms with Gasteiger partial charge >= 0.3 is 0 Å². The number of nitrogens with one attached hydrogen (secondary N) is 1. The molecule has 0 unspecified atom stereocenters. The van der Waals surface area contributed by atoms with Gasteiger partial charge < -0.3 is 5.32 Å². The van der Waals surface area contributed by atoms with Gasteiger partial charge in [0.2, 0.25) is 10.0 Å². The van der Waals surface area contributed by atoms with Crippen LogP contribution >= 0.6 is 0 Å². The molecule has 0 atom stereocenters. The highest BCUT2D eigenvalue weighted by molar-refractivity contribution is 7.92. The predicted octanol–water partition coefficient (Wildman–Crippen LogP) is 3.34. The molecule has 1 amide bonds. The summed E-state index contributed by atoms with van der Waals surface area (Å²) in [5.74, 6) is -0.565.